The molecule has 0 aromatic carbocycles. The van der Waals surface area contributed by atoms with Crippen LogP contribution in [0, 0.1) is 11.8 Å². The number of nitrogens with one attached hydrogen (secondary N) is 2. The van der Waals surface area contributed by atoms with Crippen LogP contribution in [0.25, 0.3) is 0 Å². The first kappa shape index (κ1) is 28.9. The summed E-state index contributed by atoms with van der Waals surface area (Å²) in [6.07, 6.45) is 8.09. The minimum Gasteiger partial charge on any atom is -0.477 e. The number of alkyl carbamates (subject to hydrolysis) is 1. The van der Waals surface area contributed by atoms with Gasteiger partial charge in [-0.05, 0) is 88.2 Å². The summed E-state index contributed by atoms with van der Waals surface area (Å²) in [7, 11) is 0. The monoisotopic (exact) mass is 547 g/mol. The average Bonchev–Trinajstić information content (AvgIpc) is 3.32. The van der Waals surface area contributed by atoms with Gasteiger partial charge in [0.15, 0.2) is 0 Å². The molecule has 2 saturated carbocycles. The van der Waals surface area contributed by atoms with Gasteiger partial charge < -0.3 is 25.4 Å². The zero-order chi connectivity index (χ0) is 27.4. The van der Waals surface area contributed by atoms with Gasteiger partial charge in [-0.3, -0.25) is 4.79 Å². The molecule has 1 atom stereocenters. The molecular weight excluding hydrogens is 502 g/mol. The molecule has 2 amide bonds. The molecular formula is C29H45N3O5S. The van der Waals surface area contributed by atoms with Crippen LogP contribution in [0.1, 0.15) is 106 Å². The molecule has 1 aromatic heterocycles. The Morgan fingerprint density at radius 1 is 1.05 bits per heavy atom. The summed E-state index contributed by atoms with van der Waals surface area (Å²) in [6.45, 7) is 10.1. The highest BCUT2D eigenvalue weighted by Crippen LogP contribution is 2.41. The third-order valence-electron chi connectivity index (χ3n) is 8.42. The number of piperidine rings is 1. The number of carbonyl (C=O) groups excluding carboxylic acids is 2. The van der Waals surface area contributed by atoms with Crippen molar-refractivity contribution in [2.24, 2.45) is 11.8 Å². The molecule has 1 aromatic rings. The number of ether oxygens (including phenoxy) is 1. The summed E-state index contributed by atoms with van der Waals surface area (Å²) >= 11 is 1.28. The number of carboxylic acids is 1. The van der Waals surface area contributed by atoms with Crippen molar-refractivity contribution < 1.29 is 24.2 Å². The number of anilines is 1. The fourth-order valence-corrected chi connectivity index (χ4v) is 7.08. The molecule has 0 unspecified atom stereocenters. The smallest absolute Gasteiger partial charge is 0.407 e. The van der Waals surface area contributed by atoms with Gasteiger partial charge in [-0.1, -0.05) is 27.7 Å². The van der Waals surface area contributed by atoms with Gasteiger partial charge in [-0.2, -0.15) is 0 Å². The fraction of sp³-hybridized carbons (Fsp3) is 0.759. The Kier molecular flexibility index (Phi) is 9.40. The van der Waals surface area contributed by atoms with Gasteiger partial charge in [0.25, 0.3) is 0 Å². The third-order valence-corrected chi connectivity index (χ3v) is 9.96. The second kappa shape index (κ2) is 12.4. The van der Waals surface area contributed by atoms with E-state index in [9.17, 15) is 19.5 Å². The number of carboxylic acid groups (broad SMARTS) is 1. The van der Waals surface area contributed by atoms with Gasteiger partial charge in [0.1, 0.15) is 11.0 Å². The molecule has 3 fully saturated rings. The van der Waals surface area contributed by atoms with Gasteiger partial charge in [0.2, 0.25) is 5.91 Å². The molecule has 38 heavy (non-hydrogen) atoms. The van der Waals surface area contributed by atoms with Crippen LogP contribution in [-0.4, -0.2) is 54.4 Å². The van der Waals surface area contributed by atoms with Crippen LogP contribution in [0.2, 0.25) is 0 Å². The molecule has 212 valence electrons. The Morgan fingerprint density at radius 2 is 1.74 bits per heavy atom. The molecule has 1 saturated heterocycles. The molecule has 4 rings (SSSR count). The number of nitrogens with zero attached hydrogens (tertiary/aromatic N) is 1. The normalized spacial score (nSPS) is 28.4. The summed E-state index contributed by atoms with van der Waals surface area (Å²) in [5.41, 5.74) is 0.342. The van der Waals surface area contributed by atoms with E-state index in [0.717, 1.165) is 62.8 Å². The van der Waals surface area contributed by atoms with Crippen LogP contribution < -0.4 is 15.5 Å². The van der Waals surface area contributed by atoms with Crippen molar-refractivity contribution in [2.45, 2.75) is 116 Å². The van der Waals surface area contributed by atoms with E-state index in [0.29, 0.717) is 31.0 Å². The van der Waals surface area contributed by atoms with Crippen molar-refractivity contribution in [3.05, 3.63) is 15.8 Å². The Balaban J connectivity index is 1.50. The maximum absolute atomic E-state index is 14.1. The van der Waals surface area contributed by atoms with Crippen molar-refractivity contribution >= 4 is 35.0 Å². The van der Waals surface area contributed by atoms with Crippen LogP contribution >= 0.6 is 11.3 Å². The van der Waals surface area contributed by atoms with Crippen molar-refractivity contribution in [3.8, 4) is 0 Å². The third kappa shape index (κ3) is 7.08. The fourth-order valence-electron chi connectivity index (χ4n) is 6.03. The second-order valence-corrected chi connectivity index (χ2v) is 13.6. The molecule has 0 spiro atoms. The van der Waals surface area contributed by atoms with Crippen LogP contribution in [0.15, 0.2) is 6.07 Å². The predicted molar refractivity (Wildman–Crippen MR) is 150 cm³/mol. The SMILES string of the molecule is CC1CCC(C(=O)N(c2cc(C(C)(C)C)sc2C(=O)O)C2CCC(NC(=O)O[C@@H]3CCCNC3)CC2)CC1. The molecule has 8 nitrogen and oxygen atoms in total. The lowest BCUT2D eigenvalue weighted by atomic mass is 9.81. The van der Waals surface area contributed by atoms with Gasteiger partial charge in [-0.25, -0.2) is 9.59 Å². The maximum atomic E-state index is 14.1. The number of thiophene rings is 1. The van der Waals surface area contributed by atoms with Crippen molar-refractivity contribution in [2.75, 3.05) is 18.0 Å². The van der Waals surface area contributed by atoms with E-state index < -0.39 is 5.97 Å². The Hall–Kier alpha value is -2.13. The predicted octanol–water partition coefficient (Wildman–Crippen LogP) is 5.69. The van der Waals surface area contributed by atoms with Gasteiger partial charge >= 0.3 is 12.1 Å². The van der Waals surface area contributed by atoms with Gasteiger partial charge in [0, 0.05) is 29.4 Å². The first-order valence-corrected chi connectivity index (χ1v) is 15.2. The molecule has 2 heterocycles. The van der Waals surface area contributed by atoms with Crippen molar-refractivity contribution in [3.63, 3.8) is 0 Å². The molecule has 3 aliphatic rings. The van der Waals surface area contributed by atoms with E-state index in [2.05, 4.69) is 38.3 Å². The van der Waals surface area contributed by atoms with Crippen molar-refractivity contribution in [1.29, 1.82) is 0 Å². The highest BCUT2D eigenvalue weighted by molar-refractivity contribution is 7.14. The van der Waals surface area contributed by atoms with Crippen LogP contribution in [0.5, 0.6) is 0 Å². The zero-order valence-electron chi connectivity index (χ0n) is 23.4. The Labute approximate surface area is 230 Å². The minimum absolute atomic E-state index is 0.00524. The number of hydrogen-bond acceptors (Lipinski definition) is 6. The van der Waals surface area contributed by atoms with Crippen LogP contribution in [0.4, 0.5) is 10.5 Å². The van der Waals surface area contributed by atoms with E-state index in [-0.39, 0.29) is 46.4 Å². The number of rotatable bonds is 6. The van der Waals surface area contributed by atoms with E-state index in [1.54, 1.807) is 0 Å². The maximum Gasteiger partial charge on any atom is 0.407 e. The highest BCUT2D eigenvalue weighted by atomic mass is 32.1. The standard InChI is InChI=1S/C29H45N3O5S/c1-18-7-9-19(10-8-18)26(33)32(23-16-24(29(2,3)4)38-25(23)27(34)35)21-13-11-20(12-14-21)31-28(36)37-22-6-5-15-30-17-22/h16,18-22,30H,5-15,17H2,1-4H3,(H,31,36)(H,34,35)/t18?,19?,20?,21?,22-/m1/s1. The van der Waals surface area contributed by atoms with E-state index >= 15 is 0 Å². The lowest BCUT2D eigenvalue weighted by Crippen LogP contribution is -2.49. The quantitative estimate of drug-likeness (QED) is 0.422. The molecule has 2 aliphatic carbocycles. The molecule has 3 N–H and O–H groups in total. The van der Waals surface area contributed by atoms with E-state index in [1.807, 2.05) is 11.0 Å². The number of hydrogen-bond donors (Lipinski definition) is 3. The average molecular weight is 548 g/mol. The topological polar surface area (TPSA) is 108 Å². The van der Waals surface area contributed by atoms with Crippen LogP contribution in [0.3, 0.4) is 0 Å². The number of carbonyl (C=O) groups is 3. The molecule has 0 radical (unpaired) electrons. The molecule has 1 aliphatic heterocycles. The molecule has 0 bridgehead atoms. The number of amides is 2. The second-order valence-electron chi connectivity index (χ2n) is 12.6. The minimum atomic E-state index is -0.981. The summed E-state index contributed by atoms with van der Waals surface area (Å²) in [4.78, 5) is 41.9. The summed E-state index contributed by atoms with van der Waals surface area (Å²) in [5.74, 6) is -0.355. The lowest BCUT2D eigenvalue weighted by Gasteiger charge is -2.39. The summed E-state index contributed by atoms with van der Waals surface area (Å²) in [6, 6.07) is 1.85. The van der Waals surface area contributed by atoms with E-state index in [1.165, 1.54) is 11.3 Å². The highest BCUT2D eigenvalue weighted by Gasteiger charge is 2.38. The number of aromatic carboxylic acids is 1. The van der Waals surface area contributed by atoms with Crippen LogP contribution in [-0.2, 0) is 14.9 Å². The summed E-state index contributed by atoms with van der Waals surface area (Å²) < 4.78 is 5.60. The first-order valence-electron chi connectivity index (χ1n) is 14.4. The van der Waals surface area contributed by atoms with Gasteiger partial charge in [0.05, 0.1) is 5.69 Å². The van der Waals surface area contributed by atoms with E-state index in [4.69, 9.17) is 4.74 Å². The summed E-state index contributed by atoms with van der Waals surface area (Å²) in [5, 5.41) is 16.4. The Bertz CT molecular complexity index is 981. The zero-order valence-corrected chi connectivity index (χ0v) is 24.2. The van der Waals surface area contributed by atoms with Crippen molar-refractivity contribution in [1.82, 2.24) is 10.6 Å². The largest absolute Gasteiger partial charge is 0.477 e. The first-order chi connectivity index (χ1) is 18.0. The Morgan fingerprint density at radius 3 is 2.32 bits per heavy atom. The molecule has 9 heteroatoms. The lowest BCUT2D eigenvalue weighted by molar-refractivity contribution is -0.124. The van der Waals surface area contributed by atoms with Gasteiger partial charge in [-0.15, -0.1) is 11.3 Å².